The molecule has 0 spiro atoms. The Morgan fingerprint density at radius 1 is 1.42 bits per heavy atom. The van der Waals surface area contributed by atoms with Gasteiger partial charge in [-0.05, 0) is 0 Å². The van der Waals surface area contributed by atoms with Gasteiger partial charge in [-0.25, -0.2) is 8.42 Å². The second-order valence-electron chi connectivity index (χ2n) is 3.95. The summed E-state index contributed by atoms with van der Waals surface area (Å²) in [6, 6.07) is 0. The van der Waals surface area contributed by atoms with Gasteiger partial charge in [0.1, 0.15) is 5.37 Å². The molecule has 1 fully saturated rings. The maximum Gasteiger partial charge on any atom is 0.313 e. The molecular formula is C10H17NO5S3. The van der Waals surface area contributed by atoms with E-state index >= 15 is 0 Å². The van der Waals surface area contributed by atoms with E-state index < -0.39 is 21.2 Å². The van der Waals surface area contributed by atoms with Crippen LogP contribution in [-0.4, -0.2) is 71.0 Å². The maximum absolute atomic E-state index is 12.0. The molecule has 1 amide bonds. The molecule has 1 N–H and O–H groups in total. The molecule has 1 aliphatic rings. The molecule has 0 aromatic carbocycles. The van der Waals surface area contributed by atoms with Crippen molar-refractivity contribution in [2.24, 2.45) is 0 Å². The van der Waals surface area contributed by atoms with Crippen molar-refractivity contribution in [3.05, 3.63) is 0 Å². The zero-order valence-electron chi connectivity index (χ0n) is 10.6. The van der Waals surface area contributed by atoms with E-state index in [-0.39, 0.29) is 23.2 Å². The minimum absolute atomic E-state index is 0.00424. The van der Waals surface area contributed by atoms with Gasteiger partial charge in [-0.2, -0.15) is 11.8 Å². The number of carbonyl (C=O) groups is 2. The molecule has 1 heterocycles. The van der Waals surface area contributed by atoms with Gasteiger partial charge in [0.15, 0.2) is 9.84 Å². The number of sulfone groups is 1. The maximum atomic E-state index is 12.0. The first kappa shape index (κ1) is 16.6. The van der Waals surface area contributed by atoms with Gasteiger partial charge in [-0.1, -0.05) is 6.92 Å². The van der Waals surface area contributed by atoms with Gasteiger partial charge in [-0.15, -0.1) is 11.8 Å². The molecule has 1 atom stereocenters. The third kappa shape index (κ3) is 4.88. The first-order chi connectivity index (χ1) is 8.88. The van der Waals surface area contributed by atoms with Crippen LogP contribution in [0.5, 0.6) is 0 Å². The highest BCUT2D eigenvalue weighted by molar-refractivity contribution is 8.01. The van der Waals surface area contributed by atoms with E-state index in [0.717, 1.165) is 11.8 Å². The van der Waals surface area contributed by atoms with Crippen LogP contribution in [0.1, 0.15) is 6.92 Å². The summed E-state index contributed by atoms with van der Waals surface area (Å²) in [6.07, 6.45) is 0. The van der Waals surface area contributed by atoms with E-state index in [0.29, 0.717) is 18.1 Å². The van der Waals surface area contributed by atoms with E-state index in [1.54, 1.807) is 6.92 Å². The van der Waals surface area contributed by atoms with Gasteiger partial charge in [-0.3, -0.25) is 9.59 Å². The molecule has 1 aliphatic heterocycles. The van der Waals surface area contributed by atoms with Crippen molar-refractivity contribution in [3.63, 3.8) is 0 Å². The van der Waals surface area contributed by atoms with Crippen LogP contribution in [0.4, 0.5) is 0 Å². The van der Waals surface area contributed by atoms with Gasteiger partial charge in [0.05, 0.1) is 11.5 Å². The quantitative estimate of drug-likeness (QED) is 0.742. The highest BCUT2D eigenvalue weighted by Crippen LogP contribution is 2.22. The standard InChI is InChI=1S/C10H17NO5S3/c1-2-19(15,16)9-6-17-4-3-11(9)8(12)5-18-7-10(13)14/h9H,2-7H2,1H3,(H,13,14). The van der Waals surface area contributed by atoms with Gasteiger partial charge in [0.2, 0.25) is 5.91 Å². The lowest BCUT2D eigenvalue weighted by Crippen LogP contribution is -2.51. The Balaban J connectivity index is 2.66. The van der Waals surface area contributed by atoms with E-state index in [1.165, 1.54) is 16.7 Å². The Morgan fingerprint density at radius 2 is 2.11 bits per heavy atom. The number of nitrogens with zero attached hydrogens (tertiary/aromatic N) is 1. The van der Waals surface area contributed by atoms with Crippen LogP contribution in [0.3, 0.4) is 0 Å². The molecule has 110 valence electrons. The molecule has 9 heteroatoms. The number of hydrogen-bond donors (Lipinski definition) is 1. The van der Waals surface area contributed by atoms with Crippen LogP contribution in [-0.2, 0) is 19.4 Å². The normalized spacial score (nSPS) is 20.3. The van der Waals surface area contributed by atoms with Gasteiger partial charge >= 0.3 is 5.97 Å². The Hall–Kier alpha value is -0.410. The molecule has 1 rings (SSSR count). The lowest BCUT2D eigenvalue weighted by molar-refractivity contribution is -0.133. The van der Waals surface area contributed by atoms with Crippen molar-refractivity contribution >= 4 is 45.2 Å². The highest BCUT2D eigenvalue weighted by atomic mass is 32.2. The van der Waals surface area contributed by atoms with Crippen molar-refractivity contribution in [2.75, 3.05) is 35.3 Å². The van der Waals surface area contributed by atoms with Crippen molar-refractivity contribution in [3.8, 4) is 0 Å². The molecule has 0 aliphatic carbocycles. The fraction of sp³-hybridized carbons (Fsp3) is 0.800. The lowest BCUT2D eigenvalue weighted by atomic mass is 10.4. The van der Waals surface area contributed by atoms with Crippen molar-refractivity contribution in [1.82, 2.24) is 4.90 Å². The number of hydrogen-bond acceptors (Lipinski definition) is 6. The monoisotopic (exact) mass is 327 g/mol. The first-order valence-electron chi connectivity index (χ1n) is 5.76. The first-order valence-corrected chi connectivity index (χ1v) is 9.79. The van der Waals surface area contributed by atoms with E-state index in [4.69, 9.17) is 5.11 Å². The fourth-order valence-electron chi connectivity index (χ4n) is 1.66. The summed E-state index contributed by atoms with van der Waals surface area (Å²) in [5, 5.41) is 7.74. The van der Waals surface area contributed by atoms with Gasteiger partial charge in [0.25, 0.3) is 0 Å². The molecular weight excluding hydrogens is 310 g/mol. The summed E-state index contributed by atoms with van der Waals surface area (Å²) in [7, 11) is -3.30. The fourth-order valence-corrected chi connectivity index (χ4v) is 5.27. The number of carbonyl (C=O) groups excluding carboxylic acids is 1. The topological polar surface area (TPSA) is 91.8 Å². The van der Waals surface area contributed by atoms with Gasteiger partial charge < -0.3 is 10.0 Å². The Labute approximate surface area is 121 Å². The molecule has 0 radical (unpaired) electrons. The summed E-state index contributed by atoms with van der Waals surface area (Å²) >= 11 is 2.51. The molecule has 1 saturated heterocycles. The molecule has 0 aromatic rings. The summed E-state index contributed by atoms with van der Waals surface area (Å²) in [5.41, 5.74) is 0. The predicted octanol–water partition coefficient (Wildman–Crippen LogP) is 0.140. The number of thioether (sulfide) groups is 2. The smallest absolute Gasteiger partial charge is 0.313 e. The number of carboxylic acids is 1. The Morgan fingerprint density at radius 3 is 2.68 bits per heavy atom. The molecule has 0 saturated carbocycles. The van der Waals surface area contributed by atoms with Crippen LogP contribution < -0.4 is 0 Å². The molecule has 0 aromatic heterocycles. The molecule has 1 unspecified atom stereocenters. The van der Waals surface area contributed by atoms with Crippen molar-refractivity contribution < 1.29 is 23.1 Å². The number of rotatable bonds is 6. The Bertz CT molecular complexity index is 436. The molecule has 19 heavy (non-hydrogen) atoms. The molecule has 6 nitrogen and oxygen atoms in total. The largest absolute Gasteiger partial charge is 0.481 e. The highest BCUT2D eigenvalue weighted by Gasteiger charge is 2.35. The summed E-state index contributed by atoms with van der Waals surface area (Å²) in [4.78, 5) is 23.8. The zero-order valence-corrected chi connectivity index (χ0v) is 13.0. The number of aliphatic carboxylic acids is 1. The second-order valence-corrected chi connectivity index (χ2v) is 8.54. The Kier molecular flexibility index (Phi) is 6.48. The van der Waals surface area contributed by atoms with Crippen LogP contribution in [0.25, 0.3) is 0 Å². The SMILES string of the molecule is CCS(=O)(=O)C1CSCCN1C(=O)CSCC(=O)O. The number of amides is 1. The predicted molar refractivity (Wildman–Crippen MR) is 77.2 cm³/mol. The average Bonchev–Trinajstić information content (AvgIpc) is 2.38. The summed E-state index contributed by atoms with van der Waals surface area (Å²) < 4.78 is 23.9. The van der Waals surface area contributed by atoms with E-state index in [9.17, 15) is 18.0 Å². The van der Waals surface area contributed by atoms with Crippen LogP contribution >= 0.6 is 23.5 Å². The van der Waals surface area contributed by atoms with Crippen LogP contribution in [0.2, 0.25) is 0 Å². The lowest BCUT2D eigenvalue weighted by Gasteiger charge is -2.34. The summed E-state index contributed by atoms with van der Waals surface area (Å²) in [6.45, 7) is 1.97. The van der Waals surface area contributed by atoms with Crippen LogP contribution in [0, 0.1) is 0 Å². The van der Waals surface area contributed by atoms with Crippen molar-refractivity contribution in [2.45, 2.75) is 12.3 Å². The minimum Gasteiger partial charge on any atom is -0.481 e. The average molecular weight is 327 g/mol. The summed E-state index contributed by atoms with van der Waals surface area (Å²) in [5.74, 6) is -0.314. The van der Waals surface area contributed by atoms with Gasteiger partial charge in [0, 0.05) is 23.8 Å². The third-order valence-electron chi connectivity index (χ3n) is 2.67. The second kappa shape index (κ2) is 7.39. The minimum atomic E-state index is -3.30. The zero-order chi connectivity index (χ0) is 14.5. The van der Waals surface area contributed by atoms with E-state index in [2.05, 4.69) is 0 Å². The third-order valence-corrected chi connectivity index (χ3v) is 6.86. The van der Waals surface area contributed by atoms with E-state index in [1.807, 2.05) is 0 Å². The molecule has 0 bridgehead atoms. The van der Waals surface area contributed by atoms with Crippen LogP contribution in [0.15, 0.2) is 0 Å². The van der Waals surface area contributed by atoms with Crippen molar-refractivity contribution in [1.29, 1.82) is 0 Å². The number of carboxylic acid groups (broad SMARTS) is 1.